The Hall–Kier alpha value is -1.87. The van der Waals surface area contributed by atoms with E-state index < -0.39 is 11.2 Å². The number of rotatable bonds is 4. The van der Waals surface area contributed by atoms with Gasteiger partial charge in [0, 0.05) is 14.9 Å². The number of halogens is 1. The Bertz CT molecular complexity index is 883. The highest BCUT2D eigenvalue weighted by molar-refractivity contribution is 14.1. The van der Waals surface area contributed by atoms with Crippen molar-refractivity contribution in [3.63, 3.8) is 0 Å². The number of carboxylic acids is 1. The van der Waals surface area contributed by atoms with Gasteiger partial charge in [-0.25, -0.2) is 9.69 Å². The molecule has 5 nitrogen and oxygen atoms in total. The molecule has 2 aromatic rings. The van der Waals surface area contributed by atoms with Gasteiger partial charge < -0.3 is 5.11 Å². The number of carbonyl (C=O) groups is 3. The molecule has 1 saturated heterocycles. The fourth-order valence-electron chi connectivity index (χ4n) is 2.72. The molecule has 2 amide bonds. The molecule has 0 bridgehead atoms. The van der Waals surface area contributed by atoms with Crippen molar-refractivity contribution in [3.8, 4) is 0 Å². The van der Waals surface area contributed by atoms with Crippen molar-refractivity contribution >= 4 is 57.8 Å². The Morgan fingerprint density at radius 3 is 2.64 bits per heavy atom. The maximum atomic E-state index is 12.8. The molecular weight excluding hydrogens is 453 g/mol. The van der Waals surface area contributed by atoms with Gasteiger partial charge >= 0.3 is 5.97 Å². The topological polar surface area (TPSA) is 74.7 Å². The predicted molar refractivity (Wildman–Crippen MR) is 104 cm³/mol. The van der Waals surface area contributed by atoms with Gasteiger partial charge in [-0.3, -0.25) is 9.59 Å². The average Bonchev–Trinajstić information content (AvgIpc) is 2.82. The van der Waals surface area contributed by atoms with Crippen molar-refractivity contribution in [2.24, 2.45) is 0 Å². The van der Waals surface area contributed by atoms with E-state index in [0.717, 1.165) is 20.9 Å². The number of thioether (sulfide) groups is 1. The SMILES string of the molecule is Cc1cc(I)ccc1N1C(=O)C[C@H](Sc2ccccc2C(=O)O)C1=O. The van der Waals surface area contributed by atoms with Crippen LogP contribution in [0, 0.1) is 10.5 Å². The van der Waals surface area contributed by atoms with Crippen LogP contribution < -0.4 is 4.90 Å². The fourth-order valence-corrected chi connectivity index (χ4v) is 4.54. The van der Waals surface area contributed by atoms with E-state index in [4.69, 9.17) is 0 Å². The minimum atomic E-state index is -1.05. The number of anilines is 1. The second-order valence-corrected chi connectivity index (χ2v) is 8.10. The zero-order valence-electron chi connectivity index (χ0n) is 13.2. The van der Waals surface area contributed by atoms with E-state index in [2.05, 4.69) is 22.6 Å². The lowest BCUT2D eigenvalue weighted by atomic mass is 10.2. The summed E-state index contributed by atoms with van der Waals surface area (Å²) in [6.45, 7) is 1.86. The number of carbonyl (C=O) groups excluding carboxylic acids is 2. The van der Waals surface area contributed by atoms with E-state index >= 15 is 0 Å². The zero-order chi connectivity index (χ0) is 18.1. The number of imide groups is 1. The Balaban J connectivity index is 1.88. The lowest BCUT2D eigenvalue weighted by Gasteiger charge is -2.17. The summed E-state index contributed by atoms with van der Waals surface area (Å²) in [5, 5.41) is 8.65. The number of nitrogens with zero attached hydrogens (tertiary/aromatic N) is 1. The number of hydrogen-bond donors (Lipinski definition) is 1. The summed E-state index contributed by atoms with van der Waals surface area (Å²) < 4.78 is 1.03. The quantitative estimate of drug-likeness (QED) is 0.548. The zero-order valence-corrected chi connectivity index (χ0v) is 16.2. The summed E-state index contributed by atoms with van der Waals surface area (Å²) in [5.41, 5.74) is 1.58. The van der Waals surface area contributed by atoms with Crippen molar-refractivity contribution < 1.29 is 19.5 Å². The minimum Gasteiger partial charge on any atom is -0.478 e. The van der Waals surface area contributed by atoms with Crippen LogP contribution in [0.3, 0.4) is 0 Å². The summed E-state index contributed by atoms with van der Waals surface area (Å²) in [7, 11) is 0. The first-order valence-corrected chi connectivity index (χ1v) is 9.46. The Labute approximate surface area is 162 Å². The average molecular weight is 467 g/mol. The molecule has 0 aliphatic carbocycles. The molecule has 1 N–H and O–H groups in total. The molecule has 128 valence electrons. The van der Waals surface area contributed by atoms with Crippen LogP contribution in [-0.4, -0.2) is 28.1 Å². The van der Waals surface area contributed by atoms with Crippen molar-refractivity contribution in [2.45, 2.75) is 23.5 Å². The van der Waals surface area contributed by atoms with Crippen molar-refractivity contribution in [3.05, 3.63) is 57.2 Å². The molecule has 0 radical (unpaired) electrons. The van der Waals surface area contributed by atoms with Crippen molar-refractivity contribution in [1.82, 2.24) is 0 Å². The van der Waals surface area contributed by atoms with E-state index in [9.17, 15) is 19.5 Å². The first-order chi connectivity index (χ1) is 11.9. The van der Waals surface area contributed by atoms with Gasteiger partial charge in [0.2, 0.25) is 11.8 Å². The van der Waals surface area contributed by atoms with E-state index in [0.29, 0.717) is 10.6 Å². The lowest BCUT2D eigenvalue weighted by Crippen LogP contribution is -2.31. The largest absolute Gasteiger partial charge is 0.478 e. The van der Waals surface area contributed by atoms with Crippen LogP contribution in [0.2, 0.25) is 0 Å². The van der Waals surface area contributed by atoms with Gasteiger partial charge in [-0.05, 0) is 65.4 Å². The summed E-state index contributed by atoms with van der Waals surface area (Å²) in [5.74, 6) is -1.62. The molecule has 1 fully saturated rings. The molecule has 1 atom stereocenters. The van der Waals surface area contributed by atoms with Gasteiger partial charge in [-0.2, -0.15) is 0 Å². The minimum absolute atomic E-state index is 0.0584. The molecule has 0 aromatic heterocycles. The van der Waals surface area contributed by atoms with E-state index in [-0.39, 0.29) is 23.8 Å². The Morgan fingerprint density at radius 2 is 1.96 bits per heavy atom. The standard InChI is InChI=1S/C18H14INO4S/c1-10-8-11(19)6-7-13(10)20-16(21)9-15(17(20)22)25-14-5-3-2-4-12(14)18(23)24/h2-8,15H,9H2,1H3,(H,23,24)/t15-/m0/s1. The second kappa shape index (κ2) is 7.17. The van der Waals surface area contributed by atoms with Gasteiger partial charge in [0.05, 0.1) is 16.5 Å². The van der Waals surface area contributed by atoms with Gasteiger partial charge in [-0.15, -0.1) is 11.8 Å². The van der Waals surface area contributed by atoms with E-state index in [1.807, 2.05) is 19.1 Å². The van der Waals surface area contributed by atoms with Crippen molar-refractivity contribution in [2.75, 3.05) is 4.90 Å². The first kappa shape index (κ1) is 17.9. The Morgan fingerprint density at radius 1 is 1.24 bits per heavy atom. The molecule has 1 aliphatic rings. The number of aromatic carboxylic acids is 1. The molecule has 0 unspecified atom stereocenters. The third-order valence-electron chi connectivity index (χ3n) is 3.89. The smallest absolute Gasteiger partial charge is 0.336 e. The summed E-state index contributed by atoms with van der Waals surface area (Å²) >= 11 is 3.31. The number of carboxylic acid groups (broad SMARTS) is 1. The number of hydrogen-bond acceptors (Lipinski definition) is 4. The molecule has 1 heterocycles. The van der Waals surface area contributed by atoms with Gasteiger partial charge in [0.25, 0.3) is 0 Å². The normalized spacial score (nSPS) is 17.2. The number of amides is 2. The highest BCUT2D eigenvalue weighted by Crippen LogP contribution is 2.36. The summed E-state index contributed by atoms with van der Waals surface area (Å²) in [6.07, 6.45) is 0.0584. The van der Waals surface area contributed by atoms with Gasteiger partial charge in [-0.1, -0.05) is 12.1 Å². The molecular formula is C18H14INO4S. The first-order valence-electron chi connectivity index (χ1n) is 7.50. The molecule has 25 heavy (non-hydrogen) atoms. The van der Waals surface area contributed by atoms with Crippen LogP contribution in [0.25, 0.3) is 0 Å². The summed E-state index contributed by atoms with van der Waals surface area (Å²) in [4.78, 5) is 38.2. The van der Waals surface area contributed by atoms with Crippen LogP contribution in [0.1, 0.15) is 22.3 Å². The third-order valence-corrected chi connectivity index (χ3v) is 5.83. The lowest BCUT2D eigenvalue weighted by molar-refractivity contribution is -0.121. The summed E-state index contributed by atoms with van der Waals surface area (Å²) in [6, 6.07) is 12.0. The molecule has 0 spiro atoms. The van der Waals surface area contributed by atoms with Gasteiger partial charge in [0.15, 0.2) is 0 Å². The third kappa shape index (κ3) is 3.57. The Kier molecular flexibility index (Phi) is 5.14. The fraction of sp³-hybridized carbons (Fsp3) is 0.167. The maximum Gasteiger partial charge on any atom is 0.336 e. The van der Waals surface area contributed by atoms with Crippen LogP contribution in [0.4, 0.5) is 5.69 Å². The van der Waals surface area contributed by atoms with Crippen LogP contribution in [-0.2, 0) is 9.59 Å². The van der Waals surface area contributed by atoms with Crippen LogP contribution in [0.15, 0.2) is 47.4 Å². The highest BCUT2D eigenvalue weighted by atomic mass is 127. The van der Waals surface area contributed by atoms with Crippen molar-refractivity contribution in [1.29, 1.82) is 0 Å². The molecule has 7 heteroatoms. The predicted octanol–water partition coefficient (Wildman–Crippen LogP) is 3.72. The number of benzene rings is 2. The second-order valence-electron chi connectivity index (χ2n) is 5.61. The highest BCUT2D eigenvalue weighted by Gasteiger charge is 2.41. The monoisotopic (exact) mass is 467 g/mol. The van der Waals surface area contributed by atoms with Crippen LogP contribution in [0.5, 0.6) is 0 Å². The molecule has 1 aliphatic heterocycles. The molecule has 2 aromatic carbocycles. The van der Waals surface area contributed by atoms with E-state index in [1.165, 1.54) is 11.0 Å². The van der Waals surface area contributed by atoms with Gasteiger partial charge in [0.1, 0.15) is 0 Å². The van der Waals surface area contributed by atoms with E-state index in [1.54, 1.807) is 24.3 Å². The maximum absolute atomic E-state index is 12.8. The van der Waals surface area contributed by atoms with Crippen LogP contribution >= 0.6 is 34.4 Å². The molecule has 3 rings (SSSR count). The molecule has 0 saturated carbocycles. The number of aryl methyl sites for hydroxylation is 1.